The second-order valence-electron chi connectivity index (χ2n) is 7.58. The topological polar surface area (TPSA) is 32.3 Å². The smallest absolute Gasteiger partial charge is 0.226 e. The number of carbonyl (C=O) groups excluding carboxylic acids is 1. The summed E-state index contributed by atoms with van der Waals surface area (Å²) in [5.41, 5.74) is 1.46. The molecule has 2 heterocycles. The molecule has 23 heavy (non-hydrogen) atoms. The third-order valence-electron chi connectivity index (χ3n) is 6.26. The zero-order chi connectivity index (χ0) is 15.6. The molecule has 0 aromatic heterocycles. The van der Waals surface area contributed by atoms with Crippen molar-refractivity contribution >= 4 is 5.91 Å². The molecule has 3 nitrogen and oxygen atoms in total. The van der Waals surface area contributed by atoms with E-state index < -0.39 is 0 Å². The van der Waals surface area contributed by atoms with Gasteiger partial charge in [-0.2, -0.15) is 0 Å². The van der Waals surface area contributed by atoms with E-state index >= 15 is 0 Å². The van der Waals surface area contributed by atoms with Crippen molar-refractivity contribution in [2.45, 2.75) is 62.9 Å². The van der Waals surface area contributed by atoms with E-state index in [2.05, 4.69) is 40.5 Å². The van der Waals surface area contributed by atoms with Gasteiger partial charge in [0.25, 0.3) is 0 Å². The standard InChI is InChI=1S/C20H28N2O/c23-20(22-18-10-11-19(22)14-21-13-12-18)17-8-6-16(7-9-17)15-4-2-1-3-5-15/h1-5,16-19,21H,6-14H2. The van der Waals surface area contributed by atoms with Gasteiger partial charge >= 0.3 is 0 Å². The van der Waals surface area contributed by atoms with Crippen LogP contribution in [0.2, 0.25) is 0 Å². The van der Waals surface area contributed by atoms with Crippen molar-refractivity contribution in [3.8, 4) is 0 Å². The summed E-state index contributed by atoms with van der Waals surface area (Å²) in [6.07, 6.45) is 8.04. The maximum absolute atomic E-state index is 13.1. The number of fused-ring (bicyclic) bond motifs is 2. The number of hydrogen-bond donors (Lipinski definition) is 1. The number of carbonyl (C=O) groups is 1. The Labute approximate surface area is 139 Å². The minimum absolute atomic E-state index is 0.274. The minimum atomic E-state index is 0.274. The van der Waals surface area contributed by atoms with E-state index in [-0.39, 0.29) is 5.92 Å². The molecule has 0 radical (unpaired) electrons. The zero-order valence-corrected chi connectivity index (χ0v) is 13.9. The van der Waals surface area contributed by atoms with Gasteiger partial charge in [0.1, 0.15) is 0 Å². The van der Waals surface area contributed by atoms with Gasteiger partial charge < -0.3 is 10.2 Å². The Morgan fingerprint density at radius 1 is 0.913 bits per heavy atom. The molecule has 124 valence electrons. The highest BCUT2D eigenvalue weighted by Gasteiger charge is 2.41. The highest BCUT2D eigenvalue weighted by molar-refractivity contribution is 5.80. The van der Waals surface area contributed by atoms with Crippen LogP contribution in [0.5, 0.6) is 0 Å². The van der Waals surface area contributed by atoms with Crippen LogP contribution in [0.4, 0.5) is 0 Å². The first kappa shape index (κ1) is 15.2. The molecule has 3 aliphatic rings. The highest BCUT2D eigenvalue weighted by Crippen LogP contribution is 2.38. The summed E-state index contributed by atoms with van der Waals surface area (Å²) in [7, 11) is 0. The lowest BCUT2D eigenvalue weighted by atomic mass is 9.78. The van der Waals surface area contributed by atoms with Gasteiger partial charge in [-0.3, -0.25) is 4.79 Å². The monoisotopic (exact) mass is 312 g/mol. The molecule has 4 rings (SSSR count). The Kier molecular flexibility index (Phi) is 4.39. The van der Waals surface area contributed by atoms with Gasteiger partial charge in [0.2, 0.25) is 5.91 Å². The summed E-state index contributed by atoms with van der Waals surface area (Å²) in [6, 6.07) is 11.8. The molecule has 0 spiro atoms. The molecule has 3 fully saturated rings. The van der Waals surface area contributed by atoms with E-state index in [9.17, 15) is 4.79 Å². The number of benzene rings is 1. The molecule has 2 bridgehead atoms. The number of hydrogen-bond acceptors (Lipinski definition) is 2. The van der Waals surface area contributed by atoms with E-state index in [0.717, 1.165) is 32.4 Å². The van der Waals surface area contributed by atoms with Crippen molar-refractivity contribution < 1.29 is 4.79 Å². The highest BCUT2D eigenvalue weighted by atomic mass is 16.2. The van der Waals surface area contributed by atoms with E-state index in [1.54, 1.807) is 0 Å². The van der Waals surface area contributed by atoms with Crippen LogP contribution in [0.25, 0.3) is 0 Å². The van der Waals surface area contributed by atoms with Crippen LogP contribution in [-0.2, 0) is 4.79 Å². The van der Waals surface area contributed by atoms with Crippen LogP contribution in [0, 0.1) is 5.92 Å². The first-order valence-electron chi connectivity index (χ1n) is 9.41. The molecular weight excluding hydrogens is 284 g/mol. The van der Waals surface area contributed by atoms with Crippen LogP contribution in [0.1, 0.15) is 56.4 Å². The van der Waals surface area contributed by atoms with Gasteiger partial charge in [0, 0.05) is 24.5 Å². The summed E-state index contributed by atoms with van der Waals surface area (Å²) in [5, 5.41) is 3.50. The molecular formula is C20H28N2O. The van der Waals surface area contributed by atoms with Crippen molar-refractivity contribution in [3.63, 3.8) is 0 Å². The number of amides is 1. The Hall–Kier alpha value is -1.35. The lowest BCUT2D eigenvalue weighted by molar-refractivity contribution is -0.139. The van der Waals surface area contributed by atoms with Crippen LogP contribution in [-0.4, -0.2) is 36.0 Å². The second kappa shape index (κ2) is 6.64. The molecule has 2 aliphatic heterocycles. The molecule has 1 aliphatic carbocycles. The van der Waals surface area contributed by atoms with E-state index in [1.165, 1.54) is 31.2 Å². The van der Waals surface area contributed by atoms with Crippen molar-refractivity contribution in [1.29, 1.82) is 0 Å². The zero-order valence-electron chi connectivity index (χ0n) is 13.9. The van der Waals surface area contributed by atoms with E-state index in [1.807, 2.05) is 0 Å². The maximum atomic E-state index is 13.1. The lowest BCUT2D eigenvalue weighted by Gasteiger charge is -2.35. The fraction of sp³-hybridized carbons (Fsp3) is 0.650. The van der Waals surface area contributed by atoms with Gasteiger partial charge in [-0.05, 0) is 63.0 Å². The molecule has 1 aromatic carbocycles. The summed E-state index contributed by atoms with van der Waals surface area (Å²) in [4.78, 5) is 15.4. The SMILES string of the molecule is O=C(C1CCC(c2ccccc2)CC1)N1C2CCNCC1CC2. The Balaban J connectivity index is 1.39. The minimum Gasteiger partial charge on any atom is -0.335 e. The number of rotatable bonds is 2. The normalized spacial score (nSPS) is 34.2. The fourth-order valence-electron chi connectivity index (χ4n) is 4.95. The third-order valence-corrected chi connectivity index (χ3v) is 6.26. The Morgan fingerprint density at radius 3 is 2.43 bits per heavy atom. The van der Waals surface area contributed by atoms with Crippen LogP contribution >= 0.6 is 0 Å². The van der Waals surface area contributed by atoms with Crippen molar-refractivity contribution in [2.75, 3.05) is 13.1 Å². The quantitative estimate of drug-likeness (QED) is 0.908. The van der Waals surface area contributed by atoms with Gasteiger partial charge in [-0.25, -0.2) is 0 Å². The largest absolute Gasteiger partial charge is 0.335 e. The molecule has 3 heteroatoms. The average Bonchev–Trinajstić information content (AvgIpc) is 2.88. The summed E-state index contributed by atoms with van der Waals surface area (Å²) < 4.78 is 0. The third kappa shape index (κ3) is 3.03. The first-order chi connectivity index (χ1) is 11.3. The summed E-state index contributed by atoms with van der Waals surface area (Å²) in [6.45, 7) is 2.08. The summed E-state index contributed by atoms with van der Waals surface area (Å²) >= 11 is 0. The van der Waals surface area contributed by atoms with Crippen molar-refractivity contribution in [2.24, 2.45) is 5.92 Å². The summed E-state index contributed by atoms with van der Waals surface area (Å²) in [5.74, 6) is 1.40. The van der Waals surface area contributed by atoms with E-state index in [4.69, 9.17) is 0 Å². The fourth-order valence-corrected chi connectivity index (χ4v) is 4.95. The van der Waals surface area contributed by atoms with E-state index in [0.29, 0.717) is 23.9 Å². The van der Waals surface area contributed by atoms with Gasteiger partial charge in [-0.15, -0.1) is 0 Å². The van der Waals surface area contributed by atoms with Gasteiger partial charge in [-0.1, -0.05) is 30.3 Å². The molecule has 1 amide bonds. The van der Waals surface area contributed by atoms with Crippen molar-refractivity contribution in [1.82, 2.24) is 10.2 Å². The van der Waals surface area contributed by atoms with Gasteiger partial charge in [0.05, 0.1) is 0 Å². The number of nitrogens with zero attached hydrogens (tertiary/aromatic N) is 1. The Bertz CT molecular complexity index is 522. The second-order valence-corrected chi connectivity index (χ2v) is 7.58. The molecule has 1 N–H and O–H groups in total. The van der Waals surface area contributed by atoms with Crippen LogP contribution in [0.3, 0.4) is 0 Å². The number of nitrogens with one attached hydrogen (secondary N) is 1. The maximum Gasteiger partial charge on any atom is 0.226 e. The molecule has 2 saturated heterocycles. The molecule has 1 saturated carbocycles. The van der Waals surface area contributed by atoms with Crippen molar-refractivity contribution in [3.05, 3.63) is 35.9 Å². The first-order valence-corrected chi connectivity index (χ1v) is 9.41. The van der Waals surface area contributed by atoms with Crippen LogP contribution in [0.15, 0.2) is 30.3 Å². The predicted octanol–water partition coefficient (Wildman–Crippen LogP) is 3.31. The molecule has 2 atom stereocenters. The van der Waals surface area contributed by atoms with Gasteiger partial charge in [0.15, 0.2) is 0 Å². The molecule has 1 aromatic rings. The average molecular weight is 312 g/mol. The van der Waals surface area contributed by atoms with Crippen LogP contribution < -0.4 is 5.32 Å². The predicted molar refractivity (Wildman–Crippen MR) is 92.3 cm³/mol. The molecule has 2 unspecified atom stereocenters. The Morgan fingerprint density at radius 2 is 1.65 bits per heavy atom. The lowest BCUT2D eigenvalue weighted by Crippen LogP contribution is -2.46.